The molecule has 2 aliphatic carbocycles. The molecule has 6 rings (SSSR count). The number of aromatic nitrogens is 4. The van der Waals surface area contributed by atoms with Gasteiger partial charge in [0.25, 0.3) is 5.89 Å². The van der Waals surface area contributed by atoms with E-state index in [0.29, 0.717) is 29.5 Å². The molecule has 4 aliphatic rings. The minimum absolute atomic E-state index is 0.120. The molecular weight excluding hydrogens is 358 g/mol. The highest BCUT2D eigenvalue weighted by Crippen LogP contribution is 2.46. The van der Waals surface area contributed by atoms with Gasteiger partial charge in [-0.05, 0) is 38.5 Å². The van der Waals surface area contributed by atoms with Crippen molar-refractivity contribution >= 4 is 11.7 Å². The van der Waals surface area contributed by atoms with Gasteiger partial charge in [-0.3, -0.25) is 10.3 Å². The minimum Gasteiger partial charge on any atom is -0.368 e. The molecule has 2 aliphatic heterocycles. The Kier molecular flexibility index (Phi) is 3.56. The van der Waals surface area contributed by atoms with E-state index < -0.39 is 5.60 Å². The molecule has 0 saturated heterocycles. The van der Waals surface area contributed by atoms with Crippen molar-refractivity contribution in [3.8, 4) is 0 Å². The van der Waals surface area contributed by atoms with Crippen molar-refractivity contribution < 1.29 is 9.26 Å². The Morgan fingerprint density at radius 2 is 2.07 bits per heavy atom. The molecule has 148 valence electrons. The van der Waals surface area contributed by atoms with Crippen molar-refractivity contribution in [1.29, 1.82) is 0 Å². The Morgan fingerprint density at radius 3 is 2.93 bits per heavy atom. The first-order chi connectivity index (χ1) is 13.8. The monoisotopic (exact) mass is 383 g/mol. The Bertz CT molecular complexity index is 913. The van der Waals surface area contributed by atoms with E-state index in [4.69, 9.17) is 14.2 Å². The van der Waals surface area contributed by atoms with Crippen LogP contribution in [0.2, 0.25) is 0 Å². The fraction of sp³-hybridized carbons (Fsp3) is 0.684. The molecular formula is C19H25N7O2. The molecule has 2 aromatic rings. The van der Waals surface area contributed by atoms with Gasteiger partial charge < -0.3 is 13.8 Å². The van der Waals surface area contributed by atoms with E-state index in [1.807, 2.05) is 12.5 Å². The third-order valence-electron chi connectivity index (χ3n) is 7.06. The maximum Gasteiger partial charge on any atom is 0.259 e. The number of amidine groups is 1. The number of hydrogen-bond acceptors (Lipinski definition) is 8. The van der Waals surface area contributed by atoms with Crippen molar-refractivity contribution in [2.45, 2.75) is 69.2 Å². The fourth-order valence-electron chi connectivity index (χ4n) is 5.61. The topological polar surface area (TPSA) is 93.6 Å². The van der Waals surface area contributed by atoms with Gasteiger partial charge in [-0.25, -0.2) is 4.98 Å². The summed E-state index contributed by atoms with van der Waals surface area (Å²) in [6, 6.07) is 0.477. The summed E-state index contributed by atoms with van der Waals surface area (Å²) in [7, 11) is 1.73. The highest BCUT2D eigenvalue weighted by Gasteiger charge is 2.48. The number of imidazole rings is 1. The van der Waals surface area contributed by atoms with Gasteiger partial charge in [-0.15, -0.1) is 0 Å². The van der Waals surface area contributed by atoms with Crippen LogP contribution in [-0.2, 0) is 10.3 Å². The quantitative estimate of drug-likeness (QED) is 0.870. The number of methoxy groups -OCH3 is 1. The minimum atomic E-state index is -0.449. The van der Waals surface area contributed by atoms with E-state index in [2.05, 4.69) is 30.1 Å². The summed E-state index contributed by atoms with van der Waals surface area (Å²) in [6.45, 7) is 0. The second-order valence-corrected chi connectivity index (χ2v) is 8.38. The Hall–Kier alpha value is -2.42. The Balaban J connectivity index is 1.37. The van der Waals surface area contributed by atoms with Crippen LogP contribution in [0.3, 0.4) is 0 Å². The molecule has 0 bridgehead atoms. The van der Waals surface area contributed by atoms with Crippen LogP contribution in [-0.4, -0.2) is 38.8 Å². The lowest BCUT2D eigenvalue weighted by Gasteiger charge is -2.45. The molecule has 1 N–H and O–H groups in total. The lowest BCUT2D eigenvalue weighted by Crippen LogP contribution is -2.53. The van der Waals surface area contributed by atoms with Crippen molar-refractivity contribution in [1.82, 2.24) is 25.1 Å². The first-order valence-corrected chi connectivity index (χ1v) is 10.3. The zero-order chi connectivity index (χ0) is 18.7. The molecule has 2 saturated carbocycles. The van der Waals surface area contributed by atoms with Crippen molar-refractivity contribution in [2.24, 2.45) is 11.0 Å². The van der Waals surface area contributed by atoms with Gasteiger partial charge in [0.1, 0.15) is 17.6 Å². The van der Waals surface area contributed by atoms with Gasteiger partial charge >= 0.3 is 0 Å². The van der Waals surface area contributed by atoms with Crippen LogP contribution in [0.4, 0.5) is 5.82 Å². The lowest BCUT2D eigenvalue weighted by molar-refractivity contribution is -0.0342. The molecule has 0 spiro atoms. The molecule has 9 nitrogen and oxygen atoms in total. The lowest BCUT2D eigenvalue weighted by atomic mass is 9.80. The molecule has 0 aromatic carbocycles. The van der Waals surface area contributed by atoms with Crippen LogP contribution in [0, 0.1) is 5.92 Å². The number of anilines is 1. The Morgan fingerprint density at radius 1 is 1.21 bits per heavy atom. The third-order valence-corrected chi connectivity index (χ3v) is 7.06. The summed E-state index contributed by atoms with van der Waals surface area (Å²) >= 11 is 0. The van der Waals surface area contributed by atoms with Crippen LogP contribution in [0.25, 0.3) is 0 Å². The standard InChI is InChI=1S/C19H25N7O2/c1-27-19(8-4-5-9-19)18-21-15(24-28-18)17-23-22-16-12-6-2-3-7-13(12)25-11-20-10-14(25)26(16)17/h10-13,16,22H,2-9H2,1H3. The SMILES string of the molecule is COC1(c2nc(C3=NNC4C5CCCCC5n5cncc5N34)no2)CCCC1. The average molecular weight is 383 g/mol. The van der Waals surface area contributed by atoms with Crippen LogP contribution < -0.4 is 10.3 Å². The summed E-state index contributed by atoms with van der Waals surface area (Å²) in [5, 5.41) is 8.91. The predicted octanol–water partition coefficient (Wildman–Crippen LogP) is 2.52. The first-order valence-electron chi connectivity index (χ1n) is 10.3. The first kappa shape index (κ1) is 16.5. The van der Waals surface area contributed by atoms with E-state index in [-0.39, 0.29) is 6.17 Å². The highest BCUT2D eigenvalue weighted by atomic mass is 16.5. The van der Waals surface area contributed by atoms with Crippen LogP contribution >= 0.6 is 0 Å². The van der Waals surface area contributed by atoms with E-state index in [1.54, 1.807) is 7.11 Å². The van der Waals surface area contributed by atoms with Gasteiger partial charge in [0.15, 0.2) is 0 Å². The molecule has 4 heterocycles. The number of rotatable bonds is 3. The molecule has 3 unspecified atom stereocenters. The van der Waals surface area contributed by atoms with E-state index >= 15 is 0 Å². The van der Waals surface area contributed by atoms with Crippen molar-refractivity contribution in [3.63, 3.8) is 0 Å². The number of hydrazone groups is 1. The summed E-state index contributed by atoms with van der Waals surface area (Å²) in [6.07, 6.45) is 12.9. The number of ether oxygens (including phenoxy) is 1. The average Bonchev–Trinajstić information content (AvgIpc) is 3.53. The number of nitrogens with one attached hydrogen (secondary N) is 1. The largest absolute Gasteiger partial charge is 0.368 e. The van der Waals surface area contributed by atoms with E-state index in [0.717, 1.165) is 31.5 Å². The van der Waals surface area contributed by atoms with Gasteiger partial charge in [0.05, 0.1) is 12.5 Å². The predicted molar refractivity (Wildman–Crippen MR) is 101 cm³/mol. The molecule has 2 aromatic heterocycles. The number of nitrogens with zero attached hydrogens (tertiary/aromatic N) is 6. The smallest absolute Gasteiger partial charge is 0.259 e. The second-order valence-electron chi connectivity index (χ2n) is 8.38. The van der Waals surface area contributed by atoms with Crippen LogP contribution in [0.5, 0.6) is 0 Å². The molecule has 3 atom stereocenters. The fourth-order valence-corrected chi connectivity index (χ4v) is 5.61. The second kappa shape index (κ2) is 6.04. The normalized spacial score (nSPS) is 30.4. The Labute approximate surface area is 163 Å². The molecule has 9 heteroatoms. The summed E-state index contributed by atoms with van der Waals surface area (Å²) in [5.41, 5.74) is 2.91. The number of fused-ring (bicyclic) bond motifs is 6. The highest BCUT2D eigenvalue weighted by molar-refractivity contribution is 6.08. The maximum absolute atomic E-state index is 5.80. The van der Waals surface area contributed by atoms with Gasteiger partial charge in [-0.2, -0.15) is 10.1 Å². The van der Waals surface area contributed by atoms with Crippen molar-refractivity contribution in [3.05, 3.63) is 24.2 Å². The summed E-state index contributed by atoms with van der Waals surface area (Å²) in [5.74, 6) is 3.31. The number of hydrogen-bond donors (Lipinski definition) is 1. The van der Waals surface area contributed by atoms with Gasteiger partial charge in [-0.1, -0.05) is 18.0 Å². The zero-order valence-corrected chi connectivity index (χ0v) is 16.0. The van der Waals surface area contributed by atoms with E-state index in [9.17, 15) is 0 Å². The third kappa shape index (κ3) is 2.16. The van der Waals surface area contributed by atoms with Gasteiger partial charge in [0, 0.05) is 19.1 Å². The molecule has 28 heavy (non-hydrogen) atoms. The molecule has 2 fully saturated rings. The molecule has 0 amide bonds. The summed E-state index contributed by atoms with van der Waals surface area (Å²) < 4.78 is 13.8. The van der Waals surface area contributed by atoms with Crippen LogP contribution in [0.1, 0.15) is 69.1 Å². The van der Waals surface area contributed by atoms with E-state index in [1.165, 1.54) is 25.7 Å². The maximum atomic E-state index is 5.80. The van der Waals surface area contributed by atoms with Crippen LogP contribution in [0.15, 0.2) is 22.1 Å². The summed E-state index contributed by atoms with van der Waals surface area (Å²) in [4.78, 5) is 11.4. The molecule has 0 radical (unpaired) electrons. The van der Waals surface area contributed by atoms with Gasteiger partial charge in [0.2, 0.25) is 11.7 Å². The zero-order valence-electron chi connectivity index (χ0n) is 16.0. The van der Waals surface area contributed by atoms with Crippen molar-refractivity contribution in [2.75, 3.05) is 12.0 Å².